The van der Waals surface area contributed by atoms with E-state index in [1.165, 1.54) is 36.6 Å². The van der Waals surface area contributed by atoms with Crippen LogP contribution in [0.15, 0.2) is 56.6 Å². The Labute approximate surface area is 269 Å². The highest BCUT2D eigenvalue weighted by Crippen LogP contribution is 2.21. The fourth-order valence-corrected chi connectivity index (χ4v) is 7.86. The van der Waals surface area contributed by atoms with Gasteiger partial charge in [0.25, 0.3) is 15.2 Å². The summed E-state index contributed by atoms with van der Waals surface area (Å²) in [6, 6.07) is 5.17. The molecule has 0 radical (unpaired) electrons. The molecule has 1 fully saturated rings. The van der Waals surface area contributed by atoms with E-state index in [1.54, 1.807) is 11.8 Å². The van der Waals surface area contributed by atoms with Crippen LogP contribution in [-0.4, -0.2) is 76.2 Å². The van der Waals surface area contributed by atoms with Crippen molar-refractivity contribution >= 4 is 72.1 Å². The van der Waals surface area contributed by atoms with Gasteiger partial charge in [0.15, 0.2) is 0 Å². The van der Waals surface area contributed by atoms with Gasteiger partial charge in [-0.3, -0.25) is 4.99 Å². The highest BCUT2D eigenvalue weighted by molar-refractivity contribution is 7.98. The van der Waals surface area contributed by atoms with Crippen molar-refractivity contribution in [3.63, 3.8) is 0 Å². The summed E-state index contributed by atoms with van der Waals surface area (Å²) in [5.74, 6) is -1.35. The predicted molar refractivity (Wildman–Crippen MR) is 169 cm³/mol. The number of nitrogens with zero attached hydrogens (tertiary/aromatic N) is 2. The van der Waals surface area contributed by atoms with Crippen molar-refractivity contribution in [3.8, 4) is 0 Å². The van der Waals surface area contributed by atoms with Gasteiger partial charge in [-0.1, -0.05) is 36.7 Å². The van der Waals surface area contributed by atoms with Crippen LogP contribution in [-0.2, 0) is 35.4 Å². The number of carbonyl (C=O) groups is 2. The van der Waals surface area contributed by atoms with Gasteiger partial charge in [0, 0.05) is 42.6 Å². The molecule has 1 aromatic carbocycles. The van der Waals surface area contributed by atoms with Crippen molar-refractivity contribution in [3.05, 3.63) is 47.5 Å². The molecule has 0 unspecified atom stereocenters. The lowest BCUT2D eigenvalue weighted by molar-refractivity contribution is -0.355. The zero-order valence-corrected chi connectivity index (χ0v) is 27.5. The second-order valence-electron chi connectivity index (χ2n) is 9.30. The Morgan fingerprint density at radius 2 is 1.82 bits per heavy atom. The number of carbonyl (C=O) groups excluding carboxylic acids is 1. The fraction of sp³-hybridized carbons (Fsp3) is 0.400. The molecule has 1 heterocycles. The Morgan fingerprint density at radius 3 is 2.40 bits per heavy atom. The van der Waals surface area contributed by atoms with Crippen molar-refractivity contribution in [2.45, 2.75) is 53.7 Å². The molecule has 20 heteroatoms. The number of nitrogens with one attached hydrogen (secondary N) is 4. The molecule has 16 nitrogen and oxygen atoms in total. The number of carboxylic acid groups (broad SMARTS) is 2. The molecule has 2 aromatic rings. The Bertz CT molecular complexity index is 1580. The van der Waals surface area contributed by atoms with Crippen LogP contribution in [0.25, 0.3) is 0 Å². The van der Waals surface area contributed by atoms with Crippen molar-refractivity contribution in [2.75, 3.05) is 19.3 Å². The number of rotatable bonds is 13. The molecule has 248 valence electrons. The molecule has 0 bridgehead atoms. The molecule has 1 saturated carbocycles. The number of hydrogen-bond acceptors (Lipinski definition) is 11. The molecule has 1 aliphatic rings. The molecule has 0 spiro atoms. The third-order valence-electron chi connectivity index (χ3n) is 5.76. The predicted octanol–water partition coefficient (Wildman–Crippen LogP) is -2.10. The first-order chi connectivity index (χ1) is 21.2. The number of nitrogens with two attached hydrogens (primary N) is 2. The van der Waals surface area contributed by atoms with Gasteiger partial charge in [0.1, 0.15) is 5.69 Å². The first kappa shape index (κ1) is 37.5. The molecule has 9 N–H and O–H groups in total. The summed E-state index contributed by atoms with van der Waals surface area (Å²) in [4.78, 5) is 29.8. The fourth-order valence-electron chi connectivity index (χ4n) is 3.78. The van der Waals surface area contributed by atoms with Gasteiger partial charge in [0.05, 0.1) is 15.8 Å². The maximum atomic E-state index is 12.9. The van der Waals surface area contributed by atoms with Crippen LogP contribution in [0.5, 0.6) is 0 Å². The number of aromatic nitrogens is 1. The van der Waals surface area contributed by atoms with Gasteiger partial charge in [0.2, 0.25) is 16.0 Å². The van der Waals surface area contributed by atoms with Gasteiger partial charge < -0.3 is 31.8 Å². The molecule has 0 amide bonds. The normalized spacial score (nSPS) is 14.3. The minimum absolute atomic E-state index is 0.0586. The second-order valence-corrected chi connectivity index (χ2v) is 14.7. The van der Waals surface area contributed by atoms with Crippen molar-refractivity contribution in [1.82, 2.24) is 19.7 Å². The van der Waals surface area contributed by atoms with Gasteiger partial charge in [-0.05, 0) is 37.1 Å². The van der Waals surface area contributed by atoms with Gasteiger partial charge in [-0.25, -0.2) is 36.1 Å². The molecule has 3 rings (SSSR count). The van der Waals surface area contributed by atoms with Gasteiger partial charge in [-0.2, -0.15) is 11.8 Å². The number of carboxylic acids is 2. The zero-order chi connectivity index (χ0) is 33.5. The average Bonchev–Trinajstić information content (AvgIpc) is 3.42. The quantitative estimate of drug-likeness (QED) is 0.0510. The Hall–Kier alpha value is -3.72. The number of sulfonamides is 2. The van der Waals surface area contributed by atoms with Crippen LogP contribution in [0.4, 0.5) is 5.13 Å². The van der Waals surface area contributed by atoms with Gasteiger partial charge in [-0.15, -0.1) is 4.98 Å². The summed E-state index contributed by atoms with van der Waals surface area (Å²) < 4.78 is 56.6. The van der Waals surface area contributed by atoms with Crippen LogP contribution in [0.1, 0.15) is 37.8 Å². The highest BCUT2D eigenvalue weighted by Gasteiger charge is 2.24. The monoisotopic (exact) mass is 704 g/mol. The third kappa shape index (κ3) is 14.3. The van der Waals surface area contributed by atoms with E-state index in [0.717, 1.165) is 43.9 Å². The summed E-state index contributed by atoms with van der Waals surface area (Å²) in [6.07, 6.45) is 5.55. The Balaban J connectivity index is 0.000000777. The average molecular weight is 705 g/mol. The summed E-state index contributed by atoms with van der Waals surface area (Å²) in [6.45, 7) is 0.443. The molecule has 0 saturated heterocycles. The summed E-state index contributed by atoms with van der Waals surface area (Å²) in [7, 11) is -6.44. The first-order valence-electron chi connectivity index (χ1n) is 13.4. The molecule has 1 aliphatic carbocycles. The number of thioether (sulfide) groups is 1. The summed E-state index contributed by atoms with van der Waals surface area (Å²) in [5.41, 5.74) is 11.7. The lowest BCUT2D eigenvalue weighted by atomic mass is 9.96. The zero-order valence-electron chi connectivity index (χ0n) is 24.3. The second kappa shape index (κ2) is 18.3. The molecule has 0 aliphatic heterocycles. The van der Waals surface area contributed by atoms with Crippen molar-refractivity contribution < 1.29 is 41.6 Å². The minimum atomic E-state index is -4.06. The van der Waals surface area contributed by atoms with Crippen LogP contribution in [0, 0.1) is 0 Å². The van der Waals surface area contributed by atoms with E-state index in [1.807, 2.05) is 5.38 Å². The Morgan fingerprint density at radius 1 is 1.16 bits per heavy atom. The van der Waals surface area contributed by atoms with Crippen LogP contribution in [0.2, 0.25) is 0 Å². The largest absolute Gasteiger partial charge is 0.545 e. The van der Waals surface area contributed by atoms with Crippen LogP contribution >= 0.6 is 23.1 Å². The van der Waals surface area contributed by atoms with Crippen molar-refractivity contribution in [1.29, 1.82) is 0 Å². The van der Waals surface area contributed by atoms with E-state index in [-0.39, 0.29) is 27.8 Å². The third-order valence-corrected chi connectivity index (χ3v) is 10.4. The first-order valence-corrected chi connectivity index (χ1v) is 18.4. The van der Waals surface area contributed by atoms with Crippen LogP contribution < -0.4 is 36.3 Å². The SMILES string of the molecule is CN=C(NCCSCc1csc([NH+]=C(N)N)n1)NS(=O)(=O)c1cccc(S(=O)(=O)NC2CCCCC2)c1.O=C([O-])/C=C/C(=O)O. The van der Waals surface area contributed by atoms with E-state index in [9.17, 15) is 31.5 Å². The maximum Gasteiger partial charge on any atom is 0.328 e. The Kier molecular flexibility index (Phi) is 15.2. The topological polar surface area (TPSA) is 273 Å². The molecular formula is C25H36N8O8S4. The van der Waals surface area contributed by atoms with E-state index < -0.39 is 32.0 Å². The molecular weight excluding hydrogens is 669 g/mol. The summed E-state index contributed by atoms with van der Waals surface area (Å²) in [5, 5.41) is 22.7. The van der Waals surface area contributed by atoms with E-state index in [2.05, 4.69) is 29.7 Å². The standard InChI is InChI=1S/C21H32N8O4S4.C4H4O4/c1-24-20(25-10-11-34-13-16-14-35-21(26-16)27-19(22)23)29-37(32,33)18-9-5-8-17(12-18)36(30,31)28-15-6-3-2-4-7-15;5-3(6)1-2-4(7)8/h5,8-9,12,14-15,28H,2-4,6-7,10-11,13H2,1H3,(H2,24,25,29)(H4,22,23,26,27);1-2H,(H,5,6)(H,7,8)/b;2-1+. The van der Waals surface area contributed by atoms with Crippen LogP contribution in [0.3, 0.4) is 0 Å². The maximum absolute atomic E-state index is 12.9. The number of aliphatic imine (C=N–C) groups is 1. The molecule has 0 atom stereocenters. The number of guanidine groups is 2. The molecule has 1 aromatic heterocycles. The lowest BCUT2D eigenvalue weighted by Crippen LogP contribution is -2.72. The van der Waals surface area contributed by atoms with Gasteiger partial charge >= 0.3 is 11.9 Å². The lowest BCUT2D eigenvalue weighted by Gasteiger charge is -2.22. The van der Waals surface area contributed by atoms with Crippen molar-refractivity contribution in [2.24, 2.45) is 16.5 Å². The number of hydrogen-bond donors (Lipinski definition) is 7. The van der Waals surface area contributed by atoms with E-state index in [0.29, 0.717) is 35.3 Å². The van der Waals surface area contributed by atoms with E-state index in [4.69, 9.17) is 16.6 Å². The number of thiazole rings is 1. The smallest absolute Gasteiger partial charge is 0.328 e. The highest BCUT2D eigenvalue weighted by atomic mass is 32.2. The number of aliphatic carboxylic acids is 2. The number of benzene rings is 1. The van der Waals surface area contributed by atoms with E-state index >= 15 is 0 Å². The minimum Gasteiger partial charge on any atom is -0.545 e. The summed E-state index contributed by atoms with van der Waals surface area (Å²) >= 11 is 3.00. The molecule has 45 heavy (non-hydrogen) atoms.